The molecule has 32 heavy (non-hydrogen) atoms. The van der Waals surface area contributed by atoms with E-state index in [1.54, 1.807) is 24.2 Å². The van der Waals surface area contributed by atoms with Crippen LogP contribution in [-0.2, 0) is 4.79 Å². The van der Waals surface area contributed by atoms with Crippen LogP contribution in [0.15, 0.2) is 54.7 Å². The maximum atomic E-state index is 13.0. The van der Waals surface area contributed by atoms with Gasteiger partial charge in [0, 0.05) is 12.7 Å². The zero-order chi connectivity index (χ0) is 22.8. The average molecular weight is 433 g/mol. The molecule has 2 aromatic carbocycles. The summed E-state index contributed by atoms with van der Waals surface area (Å²) in [6.07, 6.45) is 2.21. The van der Waals surface area contributed by atoms with Gasteiger partial charge in [-0.15, -0.1) is 0 Å². The number of carbonyl (C=O) groups excluding carboxylic acids is 1. The van der Waals surface area contributed by atoms with Gasteiger partial charge in [-0.05, 0) is 36.8 Å². The number of nitrogens with one attached hydrogen (secondary N) is 1. The molecule has 0 aliphatic carbocycles. The molecule has 9 heteroatoms. The lowest BCUT2D eigenvalue weighted by atomic mass is 10.1. The largest absolute Gasteiger partial charge is 0.495 e. The Balaban J connectivity index is 1.78. The van der Waals surface area contributed by atoms with Gasteiger partial charge < -0.3 is 25.0 Å². The number of fused-ring (bicyclic) bond motifs is 1. The molecule has 1 amide bonds. The highest BCUT2D eigenvalue weighted by atomic mass is 16.5. The number of anilines is 5. The summed E-state index contributed by atoms with van der Waals surface area (Å²) in [4.78, 5) is 36.8. The normalized spacial score (nSPS) is 15.3. The fourth-order valence-corrected chi connectivity index (χ4v) is 3.74. The Bertz CT molecular complexity index is 1170. The van der Waals surface area contributed by atoms with E-state index in [4.69, 9.17) is 9.72 Å². The number of methoxy groups -OCH3 is 1. The molecule has 2 heterocycles. The quantitative estimate of drug-likeness (QED) is 0.604. The summed E-state index contributed by atoms with van der Waals surface area (Å²) < 4.78 is 5.33. The lowest BCUT2D eigenvalue weighted by Gasteiger charge is -2.40. The van der Waals surface area contributed by atoms with Crippen LogP contribution in [0.3, 0.4) is 0 Å². The van der Waals surface area contributed by atoms with Crippen molar-refractivity contribution in [3.8, 4) is 5.75 Å². The topological polar surface area (TPSA) is 108 Å². The standard InChI is InChI=1S/C23H23N5O4/c1-4-17-21(29)27(2)18-13-24-23(26-20(18)28(17)15-8-6-5-7-9-15)25-16-11-10-14(22(30)31)12-19(16)32-3/h5-13,17H,4H2,1-3H3,(H,30,31)(H,24,25,26)/t17-/m1/s1. The number of hydrogen-bond acceptors (Lipinski definition) is 7. The number of ether oxygens (including phenoxy) is 1. The lowest BCUT2D eigenvalue weighted by Crippen LogP contribution is -2.50. The minimum absolute atomic E-state index is 0.0286. The van der Waals surface area contributed by atoms with Gasteiger partial charge in [0.25, 0.3) is 0 Å². The minimum Gasteiger partial charge on any atom is -0.495 e. The Morgan fingerprint density at radius 2 is 1.97 bits per heavy atom. The number of likely N-dealkylation sites (N-methyl/N-ethyl adjacent to an activating group) is 1. The van der Waals surface area contributed by atoms with Gasteiger partial charge in [0.05, 0.1) is 24.6 Å². The van der Waals surface area contributed by atoms with Gasteiger partial charge in [0.1, 0.15) is 17.5 Å². The van der Waals surface area contributed by atoms with Crippen LogP contribution in [0.25, 0.3) is 0 Å². The summed E-state index contributed by atoms with van der Waals surface area (Å²) in [5, 5.41) is 12.3. The number of benzene rings is 2. The Hall–Kier alpha value is -4.14. The van der Waals surface area contributed by atoms with E-state index in [1.807, 2.05) is 42.2 Å². The highest BCUT2D eigenvalue weighted by molar-refractivity contribution is 6.06. The van der Waals surface area contributed by atoms with Gasteiger partial charge in [0.15, 0.2) is 5.82 Å². The molecule has 0 saturated carbocycles. The van der Waals surface area contributed by atoms with E-state index < -0.39 is 12.0 Å². The summed E-state index contributed by atoms with van der Waals surface area (Å²) in [7, 11) is 3.18. The van der Waals surface area contributed by atoms with Crippen molar-refractivity contribution >= 4 is 40.7 Å². The number of aromatic nitrogens is 2. The molecular weight excluding hydrogens is 410 g/mol. The van der Waals surface area contributed by atoms with E-state index in [1.165, 1.54) is 19.2 Å². The lowest BCUT2D eigenvalue weighted by molar-refractivity contribution is -0.119. The third-order valence-corrected chi connectivity index (χ3v) is 5.38. The van der Waals surface area contributed by atoms with E-state index in [2.05, 4.69) is 10.3 Å². The fourth-order valence-electron chi connectivity index (χ4n) is 3.74. The smallest absolute Gasteiger partial charge is 0.335 e. The summed E-state index contributed by atoms with van der Waals surface area (Å²) in [6, 6.07) is 13.7. The van der Waals surface area contributed by atoms with Crippen molar-refractivity contribution in [1.82, 2.24) is 9.97 Å². The van der Waals surface area contributed by atoms with E-state index >= 15 is 0 Å². The molecule has 1 aromatic heterocycles. The molecule has 164 valence electrons. The summed E-state index contributed by atoms with van der Waals surface area (Å²) in [5.41, 5.74) is 2.09. The van der Waals surface area contributed by atoms with Crippen molar-refractivity contribution in [2.24, 2.45) is 0 Å². The summed E-state index contributed by atoms with van der Waals surface area (Å²) >= 11 is 0. The van der Waals surface area contributed by atoms with E-state index in [0.29, 0.717) is 35.3 Å². The number of amides is 1. The van der Waals surface area contributed by atoms with Crippen LogP contribution < -0.4 is 19.9 Å². The fraction of sp³-hybridized carbons (Fsp3) is 0.217. The van der Waals surface area contributed by atoms with Gasteiger partial charge in [-0.1, -0.05) is 25.1 Å². The van der Waals surface area contributed by atoms with Crippen molar-refractivity contribution in [3.05, 3.63) is 60.3 Å². The van der Waals surface area contributed by atoms with Crippen molar-refractivity contribution in [3.63, 3.8) is 0 Å². The second kappa shape index (κ2) is 8.54. The van der Waals surface area contributed by atoms with Crippen LogP contribution in [0.2, 0.25) is 0 Å². The molecule has 0 fully saturated rings. The predicted molar refractivity (Wildman–Crippen MR) is 121 cm³/mol. The molecule has 1 aliphatic rings. The van der Waals surface area contributed by atoms with Gasteiger partial charge in [-0.3, -0.25) is 4.79 Å². The molecule has 1 aliphatic heterocycles. The third-order valence-electron chi connectivity index (χ3n) is 5.38. The van der Waals surface area contributed by atoms with E-state index in [-0.39, 0.29) is 11.5 Å². The Labute approximate surface area is 185 Å². The molecule has 2 N–H and O–H groups in total. The molecule has 0 spiro atoms. The first kappa shape index (κ1) is 21.1. The average Bonchev–Trinajstić information content (AvgIpc) is 2.81. The molecule has 3 aromatic rings. The number of nitrogens with zero attached hydrogens (tertiary/aromatic N) is 4. The van der Waals surface area contributed by atoms with Gasteiger partial charge in [-0.25, -0.2) is 9.78 Å². The van der Waals surface area contributed by atoms with Crippen molar-refractivity contribution in [2.45, 2.75) is 19.4 Å². The zero-order valence-corrected chi connectivity index (χ0v) is 17.9. The molecule has 1 atom stereocenters. The SMILES string of the molecule is CC[C@@H]1C(=O)N(C)c2cnc(Nc3ccc(C(=O)O)cc3OC)nc2N1c1ccccc1. The molecule has 0 saturated heterocycles. The van der Waals surface area contributed by atoms with Gasteiger partial charge >= 0.3 is 5.97 Å². The van der Waals surface area contributed by atoms with Crippen LogP contribution in [0, 0.1) is 0 Å². The number of carboxylic acid groups (broad SMARTS) is 1. The number of hydrogen-bond donors (Lipinski definition) is 2. The van der Waals surface area contributed by atoms with Crippen LogP contribution in [0.1, 0.15) is 23.7 Å². The highest BCUT2D eigenvalue weighted by Gasteiger charge is 2.38. The summed E-state index contributed by atoms with van der Waals surface area (Å²) in [6.45, 7) is 1.96. The Morgan fingerprint density at radius 1 is 1.22 bits per heavy atom. The van der Waals surface area contributed by atoms with Gasteiger partial charge in [0.2, 0.25) is 11.9 Å². The number of para-hydroxylation sites is 1. The number of carbonyl (C=O) groups is 2. The molecular formula is C23H23N5O4. The van der Waals surface area contributed by atoms with Crippen LogP contribution in [0.5, 0.6) is 5.75 Å². The maximum Gasteiger partial charge on any atom is 0.335 e. The van der Waals surface area contributed by atoms with E-state index in [0.717, 1.165) is 5.69 Å². The molecule has 4 rings (SSSR count). The molecule has 9 nitrogen and oxygen atoms in total. The first-order valence-electron chi connectivity index (χ1n) is 10.1. The van der Waals surface area contributed by atoms with Crippen molar-refractivity contribution < 1.29 is 19.4 Å². The van der Waals surface area contributed by atoms with E-state index in [9.17, 15) is 14.7 Å². The van der Waals surface area contributed by atoms with Crippen LogP contribution in [0.4, 0.5) is 28.8 Å². The number of carboxylic acids is 1. The second-order valence-corrected chi connectivity index (χ2v) is 7.27. The minimum atomic E-state index is -1.04. The van der Waals surface area contributed by atoms with Crippen LogP contribution >= 0.6 is 0 Å². The number of rotatable bonds is 6. The van der Waals surface area contributed by atoms with Crippen molar-refractivity contribution in [2.75, 3.05) is 29.3 Å². The van der Waals surface area contributed by atoms with Crippen LogP contribution in [-0.4, -0.2) is 47.2 Å². The first-order chi connectivity index (χ1) is 15.4. The Morgan fingerprint density at radius 3 is 2.62 bits per heavy atom. The van der Waals surface area contributed by atoms with Gasteiger partial charge in [-0.2, -0.15) is 4.98 Å². The second-order valence-electron chi connectivity index (χ2n) is 7.27. The maximum absolute atomic E-state index is 13.0. The molecule has 0 bridgehead atoms. The third kappa shape index (κ3) is 3.68. The zero-order valence-electron chi connectivity index (χ0n) is 17.9. The first-order valence-corrected chi connectivity index (χ1v) is 10.1. The monoisotopic (exact) mass is 433 g/mol. The molecule has 0 unspecified atom stereocenters. The summed E-state index contributed by atoms with van der Waals surface area (Å²) in [5.74, 6) is 0.174. The molecule has 0 radical (unpaired) electrons. The Kier molecular flexibility index (Phi) is 5.63. The number of aromatic carboxylic acids is 1. The predicted octanol–water partition coefficient (Wildman–Crippen LogP) is 3.82. The van der Waals surface area contributed by atoms with Crippen molar-refractivity contribution in [1.29, 1.82) is 0 Å². The highest BCUT2D eigenvalue weighted by Crippen LogP contribution is 2.40.